The minimum absolute atomic E-state index is 0.0484. The van der Waals surface area contributed by atoms with E-state index in [-0.39, 0.29) is 16.7 Å². The summed E-state index contributed by atoms with van der Waals surface area (Å²) in [7, 11) is 0. The average molecular weight is 402 g/mol. The number of nitrogens with zero attached hydrogens (tertiary/aromatic N) is 3. The highest BCUT2D eigenvalue weighted by Gasteiger charge is 2.31. The van der Waals surface area contributed by atoms with Crippen LogP contribution in [-0.2, 0) is 11.3 Å². The van der Waals surface area contributed by atoms with E-state index in [0.717, 1.165) is 10.4 Å². The summed E-state index contributed by atoms with van der Waals surface area (Å²) in [5, 5.41) is 10.2. The summed E-state index contributed by atoms with van der Waals surface area (Å²) in [6, 6.07) is 13.9. The molecule has 7 heteroatoms. The maximum atomic E-state index is 13.2. The van der Waals surface area contributed by atoms with Crippen LogP contribution in [0.2, 0.25) is 0 Å². The Hall–Kier alpha value is -2.12. The molecule has 142 valence electrons. The number of rotatable bonds is 6. The third kappa shape index (κ3) is 4.99. The number of thiophene rings is 1. The van der Waals surface area contributed by atoms with E-state index in [1.165, 1.54) is 11.8 Å². The first-order valence-electron chi connectivity index (χ1n) is 8.74. The van der Waals surface area contributed by atoms with Crippen molar-refractivity contribution in [3.05, 3.63) is 53.4 Å². The molecule has 1 aromatic carbocycles. The summed E-state index contributed by atoms with van der Waals surface area (Å²) in [6.45, 7) is 8.59. The van der Waals surface area contributed by atoms with Crippen LogP contribution in [0.5, 0.6) is 0 Å². The molecule has 0 unspecified atom stereocenters. The summed E-state index contributed by atoms with van der Waals surface area (Å²) in [5.74, 6) is 0.538. The molecular formula is C20H23N3O2S2. The van der Waals surface area contributed by atoms with Crippen LogP contribution in [0, 0.1) is 0 Å². The maximum absolute atomic E-state index is 13.2. The van der Waals surface area contributed by atoms with Gasteiger partial charge in [-0.2, -0.15) is 0 Å². The zero-order chi connectivity index (χ0) is 19.4. The molecule has 3 aromatic rings. The Balaban J connectivity index is 1.71. The van der Waals surface area contributed by atoms with Gasteiger partial charge >= 0.3 is 0 Å². The second kappa shape index (κ2) is 8.27. The van der Waals surface area contributed by atoms with Crippen LogP contribution < -0.4 is 0 Å². The molecule has 0 aliphatic heterocycles. The van der Waals surface area contributed by atoms with Crippen molar-refractivity contribution in [2.24, 2.45) is 0 Å². The van der Waals surface area contributed by atoms with Crippen LogP contribution in [-0.4, -0.2) is 31.8 Å². The molecule has 0 radical (unpaired) electrons. The van der Waals surface area contributed by atoms with Crippen LogP contribution in [0.25, 0.3) is 10.8 Å². The Kier molecular flexibility index (Phi) is 6.01. The first kappa shape index (κ1) is 19.6. The number of hydrogen-bond donors (Lipinski definition) is 0. The molecule has 3 rings (SSSR count). The van der Waals surface area contributed by atoms with Crippen molar-refractivity contribution in [2.45, 2.75) is 50.3 Å². The molecule has 1 atom stereocenters. The molecular weight excluding hydrogens is 378 g/mol. The van der Waals surface area contributed by atoms with Gasteiger partial charge in [0.15, 0.2) is 0 Å². The molecule has 5 nitrogen and oxygen atoms in total. The van der Waals surface area contributed by atoms with Crippen LogP contribution in [0.3, 0.4) is 0 Å². The Morgan fingerprint density at radius 1 is 1.19 bits per heavy atom. The van der Waals surface area contributed by atoms with E-state index >= 15 is 0 Å². The van der Waals surface area contributed by atoms with Gasteiger partial charge in [0.2, 0.25) is 5.91 Å². The summed E-state index contributed by atoms with van der Waals surface area (Å²) < 4.78 is 5.71. The second-order valence-electron chi connectivity index (χ2n) is 7.19. The third-order valence-corrected chi connectivity index (χ3v) is 5.80. The fourth-order valence-corrected chi connectivity index (χ4v) is 3.98. The van der Waals surface area contributed by atoms with E-state index in [1.54, 1.807) is 11.3 Å². The van der Waals surface area contributed by atoms with Crippen molar-refractivity contribution in [2.75, 3.05) is 0 Å². The fraction of sp³-hybridized carbons (Fsp3) is 0.350. The fourth-order valence-electron chi connectivity index (χ4n) is 2.59. The van der Waals surface area contributed by atoms with Crippen molar-refractivity contribution in [1.29, 1.82) is 0 Å². The maximum Gasteiger partial charge on any atom is 0.277 e. The van der Waals surface area contributed by atoms with Crippen LogP contribution in [0.15, 0.2) is 57.5 Å². The first-order chi connectivity index (χ1) is 12.8. The van der Waals surface area contributed by atoms with E-state index < -0.39 is 0 Å². The van der Waals surface area contributed by atoms with E-state index in [0.29, 0.717) is 17.7 Å². The summed E-state index contributed by atoms with van der Waals surface area (Å²) in [5.41, 5.74) is 0.814. The molecule has 0 fully saturated rings. The van der Waals surface area contributed by atoms with Crippen LogP contribution in [0.1, 0.15) is 33.3 Å². The summed E-state index contributed by atoms with van der Waals surface area (Å²) >= 11 is 2.84. The van der Waals surface area contributed by atoms with Gasteiger partial charge in [0.05, 0.1) is 10.1 Å². The van der Waals surface area contributed by atoms with Gasteiger partial charge in [-0.25, -0.2) is 0 Å². The topological polar surface area (TPSA) is 59.2 Å². The smallest absolute Gasteiger partial charge is 0.277 e. The minimum Gasteiger partial charge on any atom is -0.410 e. The van der Waals surface area contributed by atoms with Gasteiger partial charge in [0.1, 0.15) is 0 Å². The lowest BCUT2D eigenvalue weighted by molar-refractivity contribution is -0.135. The number of carbonyl (C=O) groups is 1. The van der Waals surface area contributed by atoms with Crippen molar-refractivity contribution in [3.8, 4) is 10.8 Å². The predicted molar refractivity (Wildman–Crippen MR) is 110 cm³/mol. The van der Waals surface area contributed by atoms with Gasteiger partial charge in [-0.1, -0.05) is 48.2 Å². The molecule has 27 heavy (non-hydrogen) atoms. The number of hydrogen-bond acceptors (Lipinski definition) is 6. The van der Waals surface area contributed by atoms with Crippen LogP contribution in [0.4, 0.5) is 0 Å². The first-order valence-corrected chi connectivity index (χ1v) is 10.5. The molecule has 2 aromatic heterocycles. The van der Waals surface area contributed by atoms with Gasteiger partial charge in [-0.05, 0) is 44.7 Å². The molecule has 0 saturated carbocycles. The average Bonchev–Trinajstić information content (AvgIpc) is 3.30. The van der Waals surface area contributed by atoms with Gasteiger partial charge in [0.25, 0.3) is 11.1 Å². The van der Waals surface area contributed by atoms with Crippen LogP contribution >= 0.6 is 23.1 Å². The van der Waals surface area contributed by atoms with E-state index in [4.69, 9.17) is 4.42 Å². The van der Waals surface area contributed by atoms with E-state index in [2.05, 4.69) is 10.2 Å². The predicted octanol–water partition coefficient (Wildman–Crippen LogP) is 5.11. The largest absolute Gasteiger partial charge is 0.410 e. The van der Waals surface area contributed by atoms with Gasteiger partial charge in [-0.3, -0.25) is 4.79 Å². The lowest BCUT2D eigenvalue weighted by Gasteiger charge is -2.37. The van der Waals surface area contributed by atoms with Crippen molar-refractivity contribution >= 4 is 29.0 Å². The highest BCUT2D eigenvalue weighted by atomic mass is 32.2. The van der Waals surface area contributed by atoms with E-state index in [1.807, 2.05) is 80.4 Å². The summed E-state index contributed by atoms with van der Waals surface area (Å²) in [4.78, 5) is 16.0. The zero-order valence-electron chi connectivity index (χ0n) is 15.9. The molecule has 1 amide bonds. The van der Waals surface area contributed by atoms with Crippen molar-refractivity contribution < 1.29 is 9.21 Å². The molecule has 2 heterocycles. The molecule has 0 bridgehead atoms. The van der Waals surface area contributed by atoms with Gasteiger partial charge < -0.3 is 9.32 Å². The van der Waals surface area contributed by atoms with E-state index in [9.17, 15) is 4.79 Å². The molecule has 0 N–H and O–H groups in total. The third-order valence-electron chi connectivity index (χ3n) is 4.02. The monoisotopic (exact) mass is 401 g/mol. The Morgan fingerprint density at radius 2 is 1.93 bits per heavy atom. The normalized spacial score (nSPS) is 12.7. The highest BCUT2D eigenvalue weighted by molar-refractivity contribution is 8.00. The molecule has 0 aliphatic rings. The minimum atomic E-state index is -0.329. The highest BCUT2D eigenvalue weighted by Crippen LogP contribution is 2.30. The van der Waals surface area contributed by atoms with Gasteiger partial charge in [0, 0.05) is 12.1 Å². The number of carbonyl (C=O) groups excluding carboxylic acids is 1. The molecule has 0 aliphatic carbocycles. The zero-order valence-corrected chi connectivity index (χ0v) is 17.5. The van der Waals surface area contributed by atoms with Crippen molar-refractivity contribution in [1.82, 2.24) is 15.1 Å². The number of thioether (sulfide) groups is 1. The lowest BCUT2D eigenvalue weighted by Crippen LogP contribution is -2.48. The van der Waals surface area contributed by atoms with Crippen molar-refractivity contribution in [3.63, 3.8) is 0 Å². The molecule has 0 spiro atoms. The SMILES string of the molecule is C[C@H](Sc1nnc(-c2cccs2)o1)C(=O)N(Cc1ccccc1)C(C)(C)C. The van der Waals surface area contributed by atoms with Gasteiger partial charge in [-0.15, -0.1) is 21.5 Å². The Morgan fingerprint density at radius 3 is 2.56 bits per heavy atom. The second-order valence-corrected chi connectivity index (χ2v) is 9.43. The number of amides is 1. The summed E-state index contributed by atoms with van der Waals surface area (Å²) in [6.07, 6.45) is 0. The Labute approximate surface area is 167 Å². The quantitative estimate of drug-likeness (QED) is 0.538. The Bertz CT molecular complexity index is 870. The standard InChI is InChI=1S/C20H23N3O2S2/c1-14(27-19-22-21-17(25-19)16-11-8-12-26-16)18(24)23(20(2,3)4)13-15-9-6-5-7-10-15/h5-12,14H,13H2,1-4H3/t14-/m0/s1. The molecule has 0 saturated heterocycles. The number of benzene rings is 1. The lowest BCUT2D eigenvalue weighted by atomic mass is 10.0. The number of aromatic nitrogens is 2.